The van der Waals surface area contributed by atoms with Crippen molar-refractivity contribution in [3.05, 3.63) is 60.3 Å². The normalized spacial score (nSPS) is 10.7. The topological polar surface area (TPSA) is 51.5 Å². The van der Waals surface area contributed by atoms with Crippen LogP contribution in [0.5, 0.6) is 5.75 Å². The van der Waals surface area contributed by atoms with Crippen molar-refractivity contribution in [3.63, 3.8) is 0 Å². The Morgan fingerprint density at radius 2 is 2.10 bits per heavy atom. The molecule has 0 saturated carbocycles. The first-order valence-electron chi connectivity index (χ1n) is 6.12. The van der Waals surface area contributed by atoms with Crippen molar-refractivity contribution in [2.75, 3.05) is 13.2 Å². The Hall–Kier alpha value is -2.56. The molecular formula is C15H14FNO3. The van der Waals surface area contributed by atoms with Crippen LogP contribution in [0.15, 0.2) is 53.2 Å². The third-order valence-electron chi connectivity index (χ3n) is 2.43. The number of halogens is 1. The largest absolute Gasteiger partial charge is 0.492 e. The van der Waals surface area contributed by atoms with Crippen LogP contribution in [0.3, 0.4) is 0 Å². The van der Waals surface area contributed by atoms with Gasteiger partial charge in [0.1, 0.15) is 23.9 Å². The molecule has 0 aliphatic rings. The summed E-state index contributed by atoms with van der Waals surface area (Å²) in [6.07, 6.45) is 4.50. The lowest BCUT2D eigenvalue weighted by Gasteiger charge is -2.06. The van der Waals surface area contributed by atoms with E-state index < -0.39 is 0 Å². The van der Waals surface area contributed by atoms with E-state index in [9.17, 15) is 9.18 Å². The predicted octanol–water partition coefficient (Wildman–Crippen LogP) is 2.63. The van der Waals surface area contributed by atoms with Crippen molar-refractivity contribution in [1.82, 2.24) is 5.32 Å². The van der Waals surface area contributed by atoms with Gasteiger partial charge in [-0.15, -0.1) is 0 Å². The lowest BCUT2D eigenvalue weighted by atomic mass is 10.3. The Balaban J connectivity index is 1.65. The number of ether oxygens (including phenoxy) is 1. The highest BCUT2D eigenvalue weighted by atomic mass is 19.1. The molecular weight excluding hydrogens is 261 g/mol. The quantitative estimate of drug-likeness (QED) is 0.651. The minimum absolute atomic E-state index is 0.232. The van der Waals surface area contributed by atoms with Crippen molar-refractivity contribution in [3.8, 4) is 5.75 Å². The molecule has 2 rings (SSSR count). The third kappa shape index (κ3) is 4.61. The van der Waals surface area contributed by atoms with Gasteiger partial charge < -0.3 is 14.5 Å². The zero-order chi connectivity index (χ0) is 14.2. The molecule has 0 radical (unpaired) electrons. The summed E-state index contributed by atoms with van der Waals surface area (Å²) in [6.45, 7) is 0.671. The lowest BCUT2D eigenvalue weighted by Crippen LogP contribution is -2.26. The summed E-state index contributed by atoms with van der Waals surface area (Å²) in [7, 11) is 0. The van der Waals surface area contributed by atoms with Crippen LogP contribution in [0.25, 0.3) is 6.08 Å². The molecule has 5 heteroatoms. The van der Waals surface area contributed by atoms with E-state index in [4.69, 9.17) is 9.15 Å². The molecule has 2 aromatic rings. The molecule has 1 aromatic carbocycles. The summed E-state index contributed by atoms with van der Waals surface area (Å²) < 4.78 is 23.0. The number of carbonyl (C=O) groups excluding carboxylic acids is 1. The second-order valence-corrected chi connectivity index (χ2v) is 3.94. The number of furan rings is 1. The van der Waals surface area contributed by atoms with E-state index >= 15 is 0 Å². The highest BCUT2D eigenvalue weighted by Gasteiger charge is 1.97. The van der Waals surface area contributed by atoms with E-state index in [-0.39, 0.29) is 11.7 Å². The van der Waals surface area contributed by atoms with Crippen LogP contribution in [-0.4, -0.2) is 19.1 Å². The van der Waals surface area contributed by atoms with Crippen LogP contribution in [0.2, 0.25) is 0 Å². The van der Waals surface area contributed by atoms with E-state index in [1.165, 1.54) is 36.6 Å². The maximum atomic E-state index is 12.7. The Kier molecular flexibility index (Phi) is 4.94. The van der Waals surface area contributed by atoms with Gasteiger partial charge in [-0.2, -0.15) is 0 Å². The summed E-state index contributed by atoms with van der Waals surface area (Å²) in [5.74, 6) is 0.632. The molecule has 0 fully saturated rings. The first kappa shape index (κ1) is 13.9. The summed E-state index contributed by atoms with van der Waals surface area (Å²) >= 11 is 0. The zero-order valence-electron chi connectivity index (χ0n) is 10.7. The number of amides is 1. The molecule has 1 aromatic heterocycles. The van der Waals surface area contributed by atoms with Gasteiger partial charge in [0, 0.05) is 6.08 Å². The van der Waals surface area contributed by atoms with E-state index in [0.717, 1.165) is 0 Å². The maximum absolute atomic E-state index is 12.7. The molecule has 1 N–H and O–H groups in total. The minimum Gasteiger partial charge on any atom is -0.492 e. The SMILES string of the molecule is O=C(/C=C/c1ccco1)NCCOc1ccc(F)cc1. The van der Waals surface area contributed by atoms with Crippen LogP contribution >= 0.6 is 0 Å². The number of hydrogen-bond donors (Lipinski definition) is 1. The van der Waals surface area contributed by atoms with Gasteiger partial charge in [-0.25, -0.2) is 4.39 Å². The Bertz CT molecular complexity index is 561. The Morgan fingerprint density at radius 3 is 2.80 bits per heavy atom. The Labute approximate surface area is 115 Å². The molecule has 0 atom stereocenters. The second-order valence-electron chi connectivity index (χ2n) is 3.94. The molecule has 1 amide bonds. The van der Waals surface area contributed by atoms with Crippen molar-refractivity contribution in [1.29, 1.82) is 0 Å². The van der Waals surface area contributed by atoms with Gasteiger partial charge in [-0.05, 0) is 42.5 Å². The van der Waals surface area contributed by atoms with E-state index in [0.29, 0.717) is 24.7 Å². The average molecular weight is 275 g/mol. The van der Waals surface area contributed by atoms with Crippen molar-refractivity contribution in [2.45, 2.75) is 0 Å². The van der Waals surface area contributed by atoms with E-state index in [1.54, 1.807) is 18.2 Å². The first-order valence-corrected chi connectivity index (χ1v) is 6.12. The molecule has 20 heavy (non-hydrogen) atoms. The number of rotatable bonds is 6. The van der Waals surface area contributed by atoms with Gasteiger partial charge in [0.25, 0.3) is 0 Å². The number of benzene rings is 1. The molecule has 0 bridgehead atoms. The fraction of sp³-hybridized carbons (Fsp3) is 0.133. The fourth-order valence-electron chi connectivity index (χ4n) is 1.48. The monoisotopic (exact) mass is 275 g/mol. The molecule has 0 aliphatic heterocycles. The van der Waals surface area contributed by atoms with Gasteiger partial charge >= 0.3 is 0 Å². The fourth-order valence-corrected chi connectivity index (χ4v) is 1.48. The number of carbonyl (C=O) groups is 1. The molecule has 1 heterocycles. The van der Waals surface area contributed by atoms with Gasteiger partial charge in [-0.1, -0.05) is 0 Å². The molecule has 0 unspecified atom stereocenters. The van der Waals surface area contributed by atoms with Gasteiger partial charge in [0.15, 0.2) is 0 Å². The van der Waals surface area contributed by atoms with Crippen LogP contribution in [-0.2, 0) is 4.79 Å². The van der Waals surface area contributed by atoms with E-state index in [1.807, 2.05) is 0 Å². The Morgan fingerprint density at radius 1 is 1.30 bits per heavy atom. The van der Waals surface area contributed by atoms with Crippen LogP contribution in [0.1, 0.15) is 5.76 Å². The van der Waals surface area contributed by atoms with Crippen molar-refractivity contribution >= 4 is 12.0 Å². The second kappa shape index (κ2) is 7.13. The smallest absolute Gasteiger partial charge is 0.244 e. The van der Waals surface area contributed by atoms with Crippen LogP contribution < -0.4 is 10.1 Å². The van der Waals surface area contributed by atoms with Gasteiger partial charge in [0.05, 0.1) is 12.8 Å². The van der Waals surface area contributed by atoms with Crippen LogP contribution in [0, 0.1) is 5.82 Å². The molecule has 0 saturated heterocycles. The predicted molar refractivity (Wildman–Crippen MR) is 72.6 cm³/mol. The van der Waals surface area contributed by atoms with E-state index in [2.05, 4.69) is 5.32 Å². The highest BCUT2D eigenvalue weighted by molar-refractivity contribution is 5.91. The number of hydrogen-bond acceptors (Lipinski definition) is 3. The van der Waals surface area contributed by atoms with Crippen molar-refractivity contribution in [2.24, 2.45) is 0 Å². The first-order chi connectivity index (χ1) is 9.74. The summed E-state index contributed by atoms with van der Waals surface area (Å²) in [5.41, 5.74) is 0. The standard InChI is InChI=1S/C15H14FNO3/c16-12-3-5-14(6-4-12)20-11-9-17-15(18)8-7-13-2-1-10-19-13/h1-8,10H,9,11H2,(H,17,18)/b8-7+. The maximum Gasteiger partial charge on any atom is 0.244 e. The third-order valence-corrected chi connectivity index (χ3v) is 2.43. The van der Waals surface area contributed by atoms with Gasteiger partial charge in [-0.3, -0.25) is 4.79 Å². The lowest BCUT2D eigenvalue weighted by molar-refractivity contribution is -0.116. The average Bonchev–Trinajstić information content (AvgIpc) is 2.96. The van der Waals surface area contributed by atoms with Gasteiger partial charge in [0.2, 0.25) is 5.91 Å². The minimum atomic E-state index is -0.311. The summed E-state index contributed by atoms with van der Waals surface area (Å²) in [6, 6.07) is 9.21. The molecule has 4 nitrogen and oxygen atoms in total. The van der Waals surface area contributed by atoms with Crippen LogP contribution in [0.4, 0.5) is 4.39 Å². The molecule has 0 spiro atoms. The summed E-state index contributed by atoms with van der Waals surface area (Å²) in [5, 5.41) is 2.66. The number of nitrogens with one attached hydrogen (secondary N) is 1. The molecule has 104 valence electrons. The summed E-state index contributed by atoms with van der Waals surface area (Å²) in [4.78, 5) is 11.4. The molecule has 0 aliphatic carbocycles. The van der Waals surface area contributed by atoms with Crippen molar-refractivity contribution < 1.29 is 18.3 Å². The zero-order valence-corrected chi connectivity index (χ0v) is 10.7. The highest BCUT2D eigenvalue weighted by Crippen LogP contribution is 2.10.